The van der Waals surface area contributed by atoms with Gasteiger partial charge in [0, 0.05) is 18.5 Å². The summed E-state index contributed by atoms with van der Waals surface area (Å²) < 4.78 is 10.7. The van der Waals surface area contributed by atoms with Crippen molar-refractivity contribution in [1.82, 2.24) is 9.80 Å². The maximum atomic E-state index is 12.3. The van der Waals surface area contributed by atoms with Crippen molar-refractivity contribution >= 4 is 12.1 Å². The van der Waals surface area contributed by atoms with E-state index >= 15 is 0 Å². The van der Waals surface area contributed by atoms with E-state index in [2.05, 4.69) is 10.8 Å². The fourth-order valence-electron chi connectivity index (χ4n) is 4.61. The van der Waals surface area contributed by atoms with Crippen LogP contribution in [-0.4, -0.2) is 66.8 Å². The van der Waals surface area contributed by atoms with Crippen molar-refractivity contribution in [2.45, 2.75) is 63.1 Å². The second kappa shape index (κ2) is 8.09. The summed E-state index contributed by atoms with van der Waals surface area (Å²) in [4.78, 5) is 28.4. The van der Waals surface area contributed by atoms with Crippen LogP contribution in [0.4, 0.5) is 4.79 Å². The number of carbonyl (C=O) groups is 2. The molecule has 2 saturated heterocycles. The van der Waals surface area contributed by atoms with Gasteiger partial charge in [-0.15, -0.1) is 6.42 Å². The first-order valence-electron chi connectivity index (χ1n) is 9.38. The average molecular weight is 348 g/mol. The molecule has 2 heterocycles. The number of amides is 1. The van der Waals surface area contributed by atoms with E-state index in [0.29, 0.717) is 12.8 Å². The fraction of sp³-hybridized carbons (Fsp3) is 0.789. The molecular weight excluding hydrogens is 320 g/mol. The molecule has 0 aromatic carbocycles. The molecule has 3 rings (SSSR count). The van der Waals surface area contributed by atoms with E-state index < -0.39 is 0 Å². The Morgan fingerprint density at radius 2 is 1.96 bits per heavy atom. The molecule has 0 aromatic heterocycles. The van der Waals surface area contributed by atoms with Crippen molar-refractivity contribution in [2.75, 3.05) is 26.7 Å². The number of methoxy groups -OCH3 is 1. The van der Waals surface area contributed by atoms with Crippen LogP contribution < -0.4 is 0 Å². The molecule has 3 aliphatic rings. The van der Waals surface area contributed by atoms with Crippen LogP contribution in [-0.2, 0) is 14.3 Å². The average Bonchev–Trinajstić information content (AvgIpc) is 3.27. The second-order valence-corrected chi connectivity index (χ2v) is 7.28. The van der Waals surface area contributed by atoms with Crippen molar-refractivity contribution in [3.63, 3.8) is 0 Å². The van der Waals surface area contributed by atoms with Gasteiger partial charge in [0.05, 0.1) is 19.6 Å². The Labute approximate surface area is 149 Å². The van der Waals surface area contributed by atoms with Gasteiger partial charge in [0.1, 0.15) is 6.10 Å². The monoisotopic (exact) mass is 348 g/mol. The van der Waals surface area contributed by atoms with Crippen LogP contribution in [0.15, 0.2) is 0 Å². The predicted molar refractivity (Wildman–Crippen MR) is 92.8 cm³/mol. The second-order valence-electron chi connectivity index (χ2n) is 7.28. The van der Waals surface area contributed by atoms with E-state index in [-0.39, 0.29) is 36.2 Å². The lowest BCUT2D eigenvalue weighted by Gasteiger charge is -2.36. The van der Waals surface area contributed by atoms with E-state index in [9.17, 15) is 9.59 Å². The smallest absolute Gasteiger partial charge is 0.410 e. The SMILES string of the molecule is C#CC1C[C@H]2[C@@H](OC(=O)CCN3CCCC3)CCC[C@H]2N1C(=O)OC. The van der Waals surface area contributed by atoms with Crippen LogP contribution in [0.25, 0.3) is 0 Å². The molecule has 138 valence electrons. The molecule has 1 aliphatic carbocycles. The van der Waals surface area contributed by atoms with Crippen LogP contribution in [0.5, 0.6) is 0 Å². The topological polar surface area (TPSA) is 59.1 Å². The Kier molecular flexibility index (Phi) is 5.85. The third kappa shape index (κ3) is 3.92. The third-order valence-electron chi connectivity index (χ3n) is 5.84. The predicted octanol–water partition coefficient (Wildman–Crippen LogP) is 2.03. The molecular formula is C19H28N2O4. The molecule has 6 heteroatoms. The molecule has 4 atom stereocenters. The number of ether oxygens (including phenoxy) is 2. The molecule has 6 nitrogen and oxygen atoms in total. The van der Waals surface area contributed by atoms with Crippen molar-refractivity contribution in [1.29, 1.82) is 0 Å². The highest BCUT2D eigenvalue weighted by Crippen LogP contribution is 2.41. The summed E-state index contributed by atoms with van der Waals surface area (Å²) in [6.45, 7) is 2.94. The molecule has 0 spiro atoms. The lowest BCUT2D eigenvalue weighted by molar-refractivity contribution is -0.154. The zero-order valence-corrected chi connectivity index (χ0v) is 15.0. The summed E-state index contributed by atoms with van der Waals surface area (Å²) in [5, 5.41) is 0. The minimum Gasteiger partial charge on any atom is -0.462 e. The Hall–Kier alpha value is -1.74. The van der Waals surface area contributed by atoms with Gasteiger partial charge in [-0.05, 0) is 51.6 Å². The van der Waals surface area contributed by atoms with Crippen molar-refractivity contribution in [3.05, 3.63) is 0 Å². The van der Waals surface area contributed by atoms with Crippen LogP contribution in [0.1, 0.15) is 44.9 Å². The van der Waals surface area contributed by atoms with Crippen LogP contribution in [0.2, 0.25) is 0 Å². The molecule has 0 radical (unpaired) electrons. The van der Waals surface area contributed by atoms with Gasteiger partial charge < -0.3 is 14.4 Å². The van der Waals surface area contributed by atoms with Gasteiger partial charge >= 0.3 is 12.1 Å². The van der Waals surface area contributed by atoms with Crippen molar-refractivity contribution in [3.8, 4) is 12.3 Å². The minimum atomic E-state index is -0.378. The van der Waals surface area contributed by atoms with Gasteiger partial charge in [-0.2, -0.15) is 0 Å². The number of carbonyl (C=O) groups excluding carboxylic acids is 2. The summed E-state index contributed by atoms with van der Waals surface area (Å²) in [6, 6.07) is -0.259. The van der Waals surface area contributed by atoms with Crippen molar-refractivity contribution in [2.24, 2.45) is 5.92 Å². The highest BCUT2D eigenvalue weighted by atomic mass is 16.5. The van der Waals surface area contributed by atoms with Crippen LogP contribution >= 0.6 is 0 Å². The minimum absolute atomic E-state index is 0.0126. The molecule has 2 aliphatic heterocycles. The maximum Gasteiger partial charge on any atom is 0.410 e. The first kappa shape index (κ1) is 18.1. The number of likely N-dealkylation sites (tertiary alicyclic amines) is 2. The summed E-state index contributed by atoms with van der Waals surface area (Å²) in [6.07, 6.45) is 11.3. The molecule has 1 amide bonds. The first-order valence-corrected chi connectivity index (χ1v) is 9.38. The number of nitrogens with zero attached hydrogens (tertiary/aromatic N) is 2. The Bertz CT molecular complexity index is 538. The Morgan fingerprint density at radius 1 is 1.20 bits per heavy atom. The molecule has 0 aromatic rings. The van der Waals surface area contributed by atoms with E-state index in [0.717, 1.165) is 38.9 Å². The zero-order chi connectivity index (χ0) is 17.8. The summed E-state index contributed by atoms with van der Waals surface area (Å²) in [5.41, 5.74) is 0. The molecule has 3 fully saturated rings. The van der Waals surface area contributed by atoms with E-state index in [4.69, 9.17) is 15.9 Å². The zero-order valence-electron chi connectivity index (χ0n) is 15.0. The largest absolute Gasteiger partial charge is 0.462 e. The lowest BCUT2D eigenvalue weighted by atomic mass is 9.82. The standard InChI is InChI=1S/C19H28N2O4/c1-3-14-13-15-16(21(14)19(23)24-2)7-6-8-17(15)25-18(22)9-12-20-10-4-5-11-20/h1,14-17H,4-13H2,2H3/t14?,15-,16-,17+/m1/s1. The van der Waals surface area contributed by atoms with Gasteiger partial charge in [-0.25, -0.2) is 4.79 Å². The third-order valence-corrected chi connectivity index (χ3v) is 5.84. The van der Waals surface area contributed by atoms with Gasteiger partial charge in [0.25, 0.3) is 0 Å². The number of fused-ring (bicyclic) bond motifs is 1. The van der Waals surface area contributed by atoms with Gasteiger partial charge in [0.2, 0.25) is 0 Å². The lowest BCUT2D eigenvalue weighted by Crippen LogP contribution is -2.46. The number of esters is 1. The highest BCUT2D eigenvalue weighted by molar-refractivity contribution is 5.70. The number of hydrogen-bond acceptors (Lipinski definition) is 5. The number of terminal acetylenes is 1. The van der Waals surface area contributed by atoms with E-state index in [1.165, 1.54) is 20.0 Å². The summed E-state index contributed by atoms with van der Waals surface area (Å²) in [5.74, 6) is 2.68. The van der Waals surface area contributed by atoms with Crippen molar-refractivity contribution < 1.29 is 19.1 Å². The normalized spacial score (nSPS) is 32.1. The number of hydrogen-bond donors (Lipinski definition) is 0. The van der Waals surface area contributed by atoms with Gasteiger partial charge in [-0.3, -0.25) is 9.69 Å². The maximum absolute atomic E-state index is 12.3. The van der Waals surface area contributed by atoms with E-state index in [1.807, 2.05) is 0 Å². The fourth-order valence-corrected chi connectivity index (χ4v) is 4.61. The molecule has 1 unspecified atom stereocenters. The molecule has 0 N–H and O–H groups in total. The van der Waals surface area contributed by atoms with E-state index in [1.54, 1.807) is 4.90 Å². The molecule has 1 saturated carbocycles. The van der Waals surface area contributed by atoms with Crippen LogP contribution in [0.3, 0.4) is 0 Å². The quantitative estimate of drug-likeness (QED) is 0.575. The highest BCUT2D eigenvalue weighted by Gasteiger charge is 2.49. The van der Waals surface area contributed by atoms with Gasteiger partial charge in [0.15, 0.2) is 0 Å². The Balaban J connectivity index is 1.58. The summed E-state index contributed by atoms with van der Waals surface area (Å²) >= 11 is 0. The Morgan fingerprint density at radius 3 is 2.64 bits per heavy atom. The molecule has 0 bridgehead atoms. The number of rotatable bonds is 4. The first-order chi connectivity index (χ1) is 12.1. The van der Waals surface area contributed by atoms with Crippen LogP contribution in [0, 0.1) is 18.3 Å². The summed E-state index contributed by atoms with van der Waals surface area (Å²) in [7, 11) is 1.38. The van der Waals surface area contributed by atoms with Gasteiger partial charge in [-0.1, -0.05) is 5.92 Å². The molecule has 25 heavy (non-hydrogen) atoms.